The Morgan fingerprint density at radius 2 is 2.32 bits per heavy atom. The van der Waals surface area contributed by atoms with Gasteiger partial charge in [-0.25, -0.2) is 8.42 Å². The third-order valence-corrected chi connectivity index (χ3v) is 7.48. The van der Waals surface area contributed by atoms with Crippen LogP contribution in [0.5, 0.6) is 0 Å². The molecule has 3 rings (SSSR count). The van der Waals surface area contributed by atoms with Crippen molar-refractivity contribution < 1.29 is 17.9 Å². The van der Waals surface area contributed by atoms with Gasteiger partial charge in [-0.2, -0.15) is 4.31 Å². The number of hydrogen-bond acceptors (Lipinski definition) is 5. The van der Waals surface area contributed by atoms with Gasteiger partial charge in [-0.15, -0.1) is 17.9 Å². The first-order valence-electron chi connectivity index (χ1n) is 7.52. The van der Waals surface area contributed by atoms with Gasteiger partial charge < -0.3 is 9.47 Å². The van der Waals surface area contributed by atoms with E-state index in [1.165, 1.54) is 11.3 Å². The molecule has 2 fully saturated rings. The Balaban J connectivity index is 1.64. The molecule has 3 heterocycles. The summed E-state index contributed by atoms with van der Waals surface area (Å²) in [4.78, 5) is 0. The lowest BCUT2D eigenvalue weighted by Crippen LogP contribution is -2.45. The minimum atomic E-state index is -3.38. The van der Waals surface area contributed by atoms with Crippen LogP contribution in [0.2, 0.25) is 0 Å². The highest BCUT2D eigenvalue weighted by Gasteiger charge is 2.45. The standard InChI is InChI=1S/C15H21NO4S2/c1-2-9-19-11-12-5-6-13-14(20-12)7-8-16(13)22(17,18)15-4-3-10-21-15/h2-4,10,12-14H,1,5-9,11H2/t12-,13-,14-/m0/s1. The summed E-state index contributed by atoms with van der Waals surface area (Å²) in [5.41, 5.74) is 0. The Labute approximate surface area is 135 Å². The number of rotatable bonds is 6. The molecule has 0 bridgehead atoms. The third kappa shape index (κ3) is 3.14. The van der Waals surface area contributed by atoms with E-state index in [1.807, 2.05) is 0 Å². The van der Waals surface area contributed by atoms with Gasteiger partial charge in [0.25, 0.3) is 10.0 Å². The first-order valence-corrected chi connectivity index (χ1v) is 9.84. The van der Waals surface area contributed by atoms with Crippen molar-refractivity contribution in [2.45, 2.75) is 41.7 Å². The molecule has 2 saturated heterocycles. The Bertz CT molecular complexity index is 599. The summed E-state index contributed by atoms with van der Waals surface area (Å²) in [6, 6.07) is 3.40. The average molecular weight is 343 g/mol. The van der Waals surface area contributed by atoms with Crippen molar-refractivity contribution in [2.75, 3.05) is 19.8 Å². The van der Waals surface area contributed by atoms with Gasteiger partial charge in [0, 0.05) is 6.54 Å². The van der Waals surface area contributed by atoms with Crippen LogP contribution in [-0.2, 0) is 19.5 Å². The highest BCUT2D eigenvalue weighted by atomic mass is 32.2. The molecule has 1 aromatic heterocycles. The molecule has 2 aliphatic rings. The van der Waals surface area contributed by atoms with Gasteiger partial charge in [0.05, 0.1) is 31.5 Å². The summed E-state index contributed by atoms with van der Waals surface area (Å²) in [6.45, 7) is 5.23. The highest BCUT2D eigenvalue weighted by molar-refractivity contribution is 7.91. The predicted octanol–water partition coefficient (Wildman–Crippen LogP) is 2.26. The SMILES string of the molecule is C=CCOC[C@@H]1CC[C@H]2[C@H](CCN2S(=O)(=O)c2cccs2)O1. The van der Waals surface area contributed by atoms with Crippen LogP contribution in [0.25, 0.3) is 0 Å². The molecule has 122 valence electrons. The molecular weight excluding hydrogens is 322 g/mol. The van der Waals surface area contributed by atoms with E-state index >= 15 is 0 Å². The first kappa shape index (κ1) is 16.1. The number of sulfonamides is 1. The van der Waals surface area contributed by atoms with Gasteiger partial charge in [-0.1, -0.05) is 12.1 Å². The fourth-order valence-corrected chi connectivity index (χ4v) is 6.00. The average Bonchev–Trinajstić information content (AvgIpc) is 3.17. The minimum absolute atomic E-state index is 0.0131. The van der Waals surface area contributed by atoms with Crippen molar-refractivity contribution in [1.82, 2.24) is 4.31 Å². The number of thiophene rings is 1. The Kier molecular flexibility index (Phi) is 4.99. The van der Waals surface area contributed by atoms with E-state index in [1.54, 1.807) is 27.9 Å². The molecule has 2 aliphatic heterocycles. The quantitative estimate of drug-likeness (QED) is 0.587. The molecule has 0 amide bonds. The monoisotopic (exact) mass is 343 g/mol. The van der Waals surface area contributed by atoms with Crippen molar-refractivity contribution in [3.8, 4) is 0 Å². The van der Waals surface area contributed by atoms with Crippen LogP contribution in [0.4, 0.5) is 0 Å². The van der Waals surface area contributed by atoms with Gasteiger partial charge >= 0.3 is 0 Å². The van der Waals surface area contributed by atoms with E-state index < -0.39 is 10.0 Å². The van der Waals surface area contributed by atoms with Crippen LogP contribution in [0.15, 0.2) is 34.4 Å². The van der Waals surface area contributed by atoms with Crippen molar-refractivity contribution in [1.29, 1.82) is 0 Å². The van der Waals surface area contributed by atoms with Crippen LogP contribution in [0.1, 0.15) is 19.3 Å². The molecule has 0 radical (unpaired) electrons. The predicted molar refractivity (Wildman–Crippen MR) is 85.5 cm³/mol. The van der Waals surface area contributed by atoms with Crippen molar-refractivity contribution in [3.05, 3.63) is 30.2 Å². The Hall–Kier alpha value is -0.730. The van der Waals surface area contributed by atoms with Crippen molar-refractivity contribution >= 4 is 21.4 Å². The molecule has 22 heavy (non-hydrogen) atoms. The summed E-state index contributed by atoms with van der Waals surface area (Å²) >= 11 is 1.27. The molecule has 0 aliphatic carbocycles. The summed E-state index contributed by atoms with van der Waals surface area (Å²) in [5, 5.41) is 1.80. The van der Waals surface area contributed by atoms with Gasteiger partial charge in [0.15, 0.2) is 0 Å². The van der Waals surface area contributed by atoms with E-state index in [-0.39, 0.29) is 18.2 Å². The smallest absolute Gasteiger partial charge is 0.252 e. The molecule has 1 aromatic rings. The maximum Gasteiger partial charge on any atom is 0.252 e. The molecule has 5 nitrogen and oxygen atoms in total. The van der Waals surface area contributed by atoms with Crippen molar-refractivity contribution in [2.24, 2.45) is 0 Å². The second-order valence-corrected chi connectivity index (χ2v) is 8.67. The van der Waals surface area contributed by atoms with E-state index in [4.69, 9.17) is 9.47 Å². The van der Waals surface area contributed by atoms with Gasteiger partial charge in [0.1, 0.15) is 4.21 Å². The zero-order valence-electron chi connectivity index (χ0n) is 12.4. The van der Waals surface area contributed by atoms with Crippen LogP contribution in [-0.4, -0.2) is 50.7 Å². The van der Waals surface area contributed by atoms with E-state index in [9.17, 15) is 8.42 Å². The van der Waals surface area contributed by atoms with Crippen LogP contribution >= 0.6 is 11.3 Å². The lowest BCUT2D eigenvalue weighted by molar-refractivity contribution is -0.0908. The number of nitrogens with zero attached hydrogens (tertiary/aromatic N) is 1. The molecular formula is C15H21NO4S2. The third-order valence-electron chi connectivity index (χ3n) is 4.18. The van der Waals surface area contributed by atoms with Gasteiger partial charge in [-0.3, -0.25) is 0 Å². The van der Waals surface area contributed by atoms with E-state index in [2.05, 4.69) is 6.58 Å². The second-order valence-electron chi connectivity index (χ2n) is 5.60. The fourth-order valence-electron chi connectivity index (χ4n) is 3.19. The molecule has 0 N–H and O–H groups in total. The second kappa shape index (κ2) is 6.80. The zero-order valence-corrected chi connectivity index (χ0v) is 14.0. The molecule has 0 aromatic carbocycles. The van der Waals surface area contributed by atoms with E-state index in [0.717, 1.165) is 19.3 Å². The largest absolute Gasteiger partial charge is 0.375 e. The first-order chi connectivity index (χ1) is 10.6. The molecule has 0 saturated carbocycles. The van der Waals surface area contributed by atoms with Gasteiger partial charge in [-0.05, 0) is 30.7 Å². The molecule has 7 heteroatoms. The zero-order chi connectivity index (χ0) is 15.6. The summed E-state index contributed by atoms with van der Waals surface area (Å²) < 4.78 is 38.9. The summed E-state index contributed by atoms with van der Waals surface area (Å²) in [7, 11) is -3.38. The highest BCUT2D eigenvalue weighted by Crippen LogP contribution is 2.36. The molecule has 0 spiro atoms. The topological polar surface area (TPSA) is 55.8 Å². The number of hydrogen-bond donors (Lipinski definition) is 0. The maximum atomic E-state index is 12.7. The number of fused-ring (bicyclic) bond motifs is 1. The van der Waals surface area contributed by atoms with E-state index in [0.29, 0.717) is 24.0 Å². The Morgan fingerprint density at radius 3 is 3.05 bits per heavy atom. The summed E-state index contributed by atoms with van der Waals surface area (Å²) in [5.74, 6) is 0. The Morgan fingerprint density at radius 1 is 1.45 bits per heavy atom. The number of ether oxygens (including phenoxy) is 2. The lowest BCUT2D eigenvalue weighted by Gasteiger charge is -2.35. The fraction of sp³-hybridized carbons (Fsp3) is 0.600. The van der Waals surface area contributed by atoms with Gasteiger partial charge in [0.2, 0.25) is 0 Å². The summed E-state index contributed by atoms with van der Waals surface area (Å²) in [6.07, 6.45) is 4.18. The lowest BCUT2D eigenvalue weighted by atomic mass is 10.0. The van der Waals surface area contributed by atoms with Crippen LogP contribution < -0.4 is 0 Å². The molecule has 0 unspecified atom stereocenters. The minimum Gasteiger partial charge on any atom is -0.375 e. The van der Waals surface area contributed by atoms with Crippen LogP contribution in [0.3, 0.4) is 0 Å². The maximum absolute atomic E-state index is 12.7. The van der Waals surface area contributed by atoms with Crippen LogP contribution in [0, 0.1) is 0 Å². The molecule has 3 atom stereocenters. The normalized spacial score (nSPS) is 29.4. The van der Waals surface area contributed by atoms with Crippen molar-refractivity contribution in [3.63, 3.8) is 0 Å².